The Morgan fingerprint density at radius 1 is 1.10 bits per heavy atom. The lowest BCUT2D eigenvalue weighted by Gasteiger charge is -2.09. The van der Waals surface area contributed by atoms with Gasteiger partial charge in [0.2, 0.25) is 0 Å². The van der Waals surface area contributed by atoms with Gasteiger partial charge in [-0.2, -0.15) is 0 Å². The molecule has 0 bridgehead atoms. The Labute approximate surface area is 111 Å². The minimum Gasteiger partial charge on any atom is -0.505 e. The number of para-hydroxylation sites is 1. The smallest absolute Gasteiger partial charge is 0.259 e. The van der Waals surface area contributed by atoms with Gasteiger partial charge >= 0.3 is 0 Å². The summed E-state index contributed by atoms with van der Waals surface area (Å²) in [6.07, 6.45) is 0. The normalized spacial score (nSPS) is 10.3. The number of aromatic hydroxyl groups is 1. The molecule has 0 atom stereocenters. The number of amides is 1. The molecule has 0 heterocycles. The summed E-state index contributed by atoms with van der Waals surface area (Å²) in [7, 11) is 0. The van der Waals surface area contributed by atoms with Crippen molar-refractivity contribution in [2.45, 2.75) is 0 Å². The number of nitrogens with two attached hydrogens (primary N) is 1. The first kappa shape index (κ1) is 13.7. The first-order valence-electron chi connectivity index (χ1n) is 5.43. The summed E-state index contributed by atoms with van der Waals surface area (Å²) in [6, 6.07) is 4.84. The summed E-state index contributed by atoms with van der Waals surface area (Å²) in [6.45, 7) is 0. The van der Waals surface area contributed by atoms with E-state index in [1.807, 2.05) is 5.32 Å². The Morgan fingerprint density at radius 2 is 1.75 bits per heavy atom. The van der Waals surface area contributed by atoms with Crippen molar-refractivity contribution < 1.29 is 23.1 Å². The Kier molecular flexibility index (Phi) is 3.51. The molecule has 4 N–H and O–H groups in total. The number of hydrogen-bond donors (Lipinski definition) is 3. The van der Waals surface area contributed by atoms with E-state index in [1.54, 1.807) is 0 Å². The van der Waals surface area contributed by atoms with Gasteiger partial charge in [0.15, 0.2) is 17.4 Å². The summed E-state index contributed by atoms with van der Waals surface area (Å²) >= 11 is 0. The number of carbonyl (C=O) groups excluding carboxylic acids is 1. The molecule has 0 saturated heterocycles. The van der Waals surface area contributed by atoms with Crippen LogP contribution in [0.5, 0.6) is 5.75 Å². The second kappa shape index (κ2) is 5.12. The van der Waals surface area contributed by atoms with E-state index in [9.17, 15) is 23.1 Å². The average molecular weight is 282 g/mol. The Hall–Kier alpha value is -2.70. The predicted molar refractivity (Wildman–Crippen MR) is 66.8 cm³/mol. The molecular weight excluding hydrogens is 273 g/mol. The highest BCUT2D eigenvalue weighted by molar-refractivity contribution is 6.07. The van der Waals surface area contributed by atoms with Crippen molar-refractivity contribution in [2.24, 2.45) is 0 Å². The fraction of sp³-hybridized carbons (Fsp3) is 0. The van der Waals surface area contributed by atoms with E-state index < -0.39 is 34.8 Å². The van der Waals surface area contributed by atoms with Crippen LogP contribution in [0.25, 0.3) is 0 Å². The summed E-state index contributed by atoms with van der Waals surface area (Å²) in [4.78, 5) is 11.8. The quantitative estimate of drug-likeness (QED) is 0.450. The second-order valence-electron chi connectivity index (χ2n) is 3.94. The molecule has 104 valence electrons. The van der Waals surface area contributed by atoms with Gasteiger partial charge in [0.25, 0.3) is 5.91 Å². The Balaban J connectivity index is 2.33. The van der Waals surface area contributed by atoms with Crippen molar-refractivity contribution >= 4 is 17.3 Å². The highest BCUT2D eigenvalue weighted by atomic mass is 19.2. The number of halogens is 3. The van der Waals surface area contributed by atoms with Crippen molar-refractivity contribution in [3.05, 3.63) is 53.3 Å². The molecule has 0 spiro atoms. The van der Waals surface area contributed by atoms with Gasteiger partial charge in [-0.1, -0.05) is 6.07 Å². The number of benzene rings is 2. The molecule has 0 aliphatic carbocycles. The lowest BCUT2D eigenvalue weighted by molar-refractivity contribution is 0.102. The largest absolute Gasteiger partial charge is 0.505 e. The minimum atomic E-state index is -1.37. The third-order valence-corrected chi connectivity index (χ3v) is 2.57. The SMILES string of the molecule is Nc1cccc(C(=O)Nc2cc(F)c(F)cc2F)c1O. The Morgan fingerprint density at radius 3 is 2.45 bits per heavy atom. The van der Waals surface area contributed by atoms with E-state index in [4.69, 9.17) is 5.73 Å². The molecule has 4 nitrogen and oxygen atoms in total. The summed E-state index contributed by atoms with van der Waals surface area (Å²) in [5, 5.41) is 11.6. The number of rotatable bonds is 2. The van der Waals surface area contributed by atoms with Crippen LogP contribution in [-0.2, 0) is 0 Å². The molecule has 1 amide bonds. The molecule has 2 rings (SSSR count). The van der Waals surface area contributed by atoms with Crippen LogP contribution in [0, 0.1) is 17.5 Å². The van der Waals surface area contributed by atoms with Gasteiger partial charge in [-0.3, -0.25) is 4.79 Å². The van der Waals surface area contributed by atoms with Crippen molar-refractivity contribution in [3.8, 4) is 5.75 Å². The van der Waals surface area contributed by atoms with Gasteiger partial charge in [-0.15, -0.1) is 0 Å². The van der Waals surface area contributed by atoms with Crippen LogP contribution < -0.4 is 11.1 Å². The molecule has 20 heavy (non-hydrogen) atoms. The van der Waals surface area contributed by atoms with E-state index in [0.717, 1.165) is 0 Å². The van der Waals surface area contributed by atoms with Crippen LogP contribution >= 0.6 is 0 Å². The van der Waals surface area contributed by atoms with E-state index in [1.165, 1.54) is 18.2 Å². The van der Waals surface area contributed by atoms with Crippen molar-refractivity contribution in [3.63, 3.8) is 0 Å². The van der Waals surface area contributed by atoms with E-state index in [0.29, 0.717) is 12.1 Å². The number of nitrogen functional groups attached to an aromatic ring is 1. The number of carbonyl (C=O) groups is 1. The number of phenolic OH excluding ortho intramolecular Hbond substituents is 1. The maximum Gasteiger partial charge on any atom is 0.259 e. The van der Waals surface area contributed by atoms with Crippen LogP contribution in [-0.4, -0.2) is 11.0 Å². The summed E-state index contributed by atoms with van der Waals surface area (Å²) < 4.78 is 39.1. The molecule has 0 saturated carbocycles. The van der Waals surface area contributed by atoms with Crippen LogP contribution in [0.1, 0.15) is 10.4 Å². The molecule has 2 aromatic rings. The highest BCUT2D eigenvalue weighted by Crippen LogP contribution is 2.26. The van der Waals surface area contributed by atoms with Gasteiger partial charge < -0.3 is 16.2 Å². The van der Waals surface area contributed by atoms with Crippen molar-refractivity contribution in [2.75, 3.05) is 11.1 Å². The molecule has 0 unspecified atom stereocenters. The lowest BCUT2D eigenvalue weighted by atomic mass is 10.1. The first-order valence-corrected chi connectivity index (χ1v) is 5.43. The Bertz CT molecular complexity index is 690. The number of hydrogen-bond acceptors (Lipinski definition) is 3. The fourth-order valence-electron chi connectivity index (χ4n) is 1.55. The first-order chi connectivity index (χ1) is 9.40. The molecule has 0 aliphatic rings. The zero-order valence-corrected chi connectivity index (χ0v) is 9.95. The molecule has 0 aliphatic heterocycles. The maximum atomic E-state index is 13.4. The topological polar surface area (TPSA) is 75.4 Å². The van der Waals surface area contributed by atoms with Crippen LogP contribution in [0.2, 0.25) is 0 Å². The molecule has 0 aromatic heterocycles. The van der Waals surface area contributed by atoms with Gasteiger partial charge in [0, 0.05) is 12.1 Å². The average Bonchev–Trinajstić information content (AvgIpc) is 2.39. The third-order valence-electron chi connectivity index (χ3n) is 2.57. The zero-order valence-electron chi connectivity index (χ0n) is 9.95. The summed E-state index contributed by atoms with van der Waals surface area (Å²) in [5.74, 6) is -5.20. The van der Waals surface area contributed by atoms with Crippen molar-refractivity contribution in [1.29, 1.82) is 0 Å². The molecule has 0 radical (unpaired) electrons. The lowest BCUT2D eigenvalue weighted by Crippen LogP contribution is -2.14. The van der Waals surface area contributed by atoms with Crippen LogP contribution in [0.3, 0.4) is 0 Å². The zero-order chi connectivity index (χ0) is 14.9. The highest BCUT2D eigenvalue weighted by Gasteiger charge is 2.16. The monoisotopic (exact) mass is 282 g/mol. The van der Waals surface area contributed by atoms with Gasteiger partial charge in [-0.05, 0) is 12.1 Å². The maximum absolute atomic E-state index is 13.4. The minimum absolute atomic E-state index is 0.0385. The van der Waals surface area contributed by atoms with Crippen molar-refractivity contribution in [1.82, 2.24) is 0 Å². The van der Waals surface area contributed by atoms with E-state index in [-0.39, 0.29) is 11.3 Å². The van der Waals surface area contributed by atoms with Crippen LogP contribution in [0.4, 0.5) is 24.5 Å². The second-order valence-corrected chi connectivity index (χ2v) is 3.94. The fourth-order valence-corrected chi connectivity index (χ4v) is 1.55. The molecule has 7 heteroatoms. The van der Waals surface area contributed by atoms with E-state index >= 15 is 0 Å². The predicted octanol–water partition coefficient (Wildman–Crippen LogP) is 2.64. The standard InChI is InChI=1S/C13H9F3N2O2/c14-7-4-9(16)11(5-8(7)15)18-13(20)6-2-1-3-10(17)12(6)19/h1-5,19H,17H2,(H,18,20). The molecule has 0 fully saturated rings. The number of nitrogens with one attached hydrogen (secondary N) is 1. The summed E-state index contributed by atoms with van der Waals surface area (Å²) in [5.41, 5.74) is 4.61. The number of phenols is 1. The van der Waals surface area contributed by atoms with Gasteiger partial charge in [0.05, 0.1) is 16.9 Å². The van der Waals surface area contributed by atoms with Gasteiger partial charge in [0.1, 0.15) is 5.82 Å². The van der Waals surface area contributed by atoms with Crippen LogP contribution in [0.15, 0.2) is 30.3 Å². The molecule has 2 aromatic carbocycles. The molecular formula is C13H9F3N2O2. The number of anilines is 2. The third kappa shape index (κ3) is 2.51. The van der Waals surface area contributed by atoms with Gasteiger partial charge in [-0.25, -0.2) is 13.2 Å². The van der Waals surface area contributed by atoms with E-state index in [2.05, 4.69) is 0 Å².